The molecule has 3 rings (SSSR count). The van der Waals surface area contributed by atoms with Crippen LogP contribution in [0.1, 0.15) is 18.4 Å². The highest BCUT2D eigenvalue weighted by Gasteiger charge is 2.40. The van der Waals surface area contributed by atoms with Crippen molar-refractivity contribution in [3.8, 4) is 0 Å². The van der Waals surface area contributed by atoms with Crippen molar-refractivity contribution >= 4 is 5.69 Å². The molecule has 8 heteroatoms. The lowest BCUT2D eigenvalue weighted by molar-refractivity contribution is -0.144. The van der Waals surface area contributed by atoms with Crippen LogP contribution in [0.15, 0.2) is 12.1 Å². The molecule has 146 valence electrons. The minimum absolute atomic E-state index is 0.0125. The van der Waals surface area contributed by atoms with E-state index in [2.05, 4.69) is 0 Å². The van der Waals surface area contributed by atoms with Crippen molar-refractivity contribution in [2.24, 2.45) is 0 Å². The number of likely N-dealkylation sites (tertiary alicyclic amines) is 1. The van der Waals surface area contributed by atoms with Crippen LogP contribution in [0.5, 0.6) is 0 Å². The second kappa shape index (κ2) is 8.14. The Morgan fingerprint density at radius 1 is 1.00 bits per heavy atom. The molecule has 0 aromatic heterocycles. The van der Waals surface area contributed by atoms with Crippen molar-refractivity contribution in [3.63, 3.8) is 0 Å². The van der Waals surface area contributed by atoms with Crippen LogP contribution in [-0.2, 0) is 6.42 Å². The third kappa shape index (κ3) is 3.84. The third-order valence-electron chi connectivity index (χ3n) is 5.46. The molecule has 0 spiro atoms. The largest absolute Gasteiger partial charge is 0.395 e. The average Bonchev–Trinajstić information content (AvgIpc) is 3.13. The fraction of sp³-hybridized carbons (Fsp3) is 0.667. The quantitative estimate of drug-likeness (QED) is 0.576. The van der Waals surface area contributed by atoms with Gasteiger partial charge < -0.3 is 25.3 Å². The number of benzene rings is 1. The molecule has 6 nitrogen and oxygen atoms in total. The number of nitrogens with zero attached hydrogens (tertiary/aromatic N) is 2. The highest BCUT2D eigenvalue weighted by Crippen LogP contribution is 2.26. The molecule has 4 atom stereocenters. The summed E-state index contributed by atoms with van der Waals surface area (Å²) >= 11 is 0. The Morgan fingerprint density at radius 3 is 2.19 bits per heavy atom. The highest BCUT2D eigenvalue weighted by molar-refractivity contribution is 5.49. The Balaban J connectivity index is 1.70. The number of hydrogen-bond donors (Lipinski definition) is 4. The molecule has 2 heterocycles. The van der Waals surface area contributed by atoms with Gasteiger partial charge in [-0.3, -0.25) is 4.90 Å². The van der Waals surface area contributed by atoms with Crippen LogP contribution in [0, 0.1) is 11.6 Å². The van der Waals surface area contributed by atoms with Crippen molar-refractivity contribution in [1.29, 1.82) is 0 Å². The van der Waals surface area contributed by atoms with E-state index in [9.17, 15) is 29.2 Å². The van der Waals surface area contributed by atoms with Crippen molar-refractivity contribution in [1.82, 2.24) is 4.90 Å². The van der Waals surface area contributed by atoms with Gasteiger partial charge in [0.05, 0.1) is 18.8 Å². The number of hydrogen-bond acceptors (Lipinski definition) is 6. The molecular weight excluding hydrogens is 346 g/mol. The van der Waals surface area contributed by atoms with E-state index < -0.39 is 42.6 Å². The lowest BCUT2D eigenvalue weighted by Crippen LogP contribution is -2.62. The number of piperidine rings is 1. The number of β-amino-alcohol motifs (C(OH)–C–C–N with tert-alkyl or cyclic N) is 1. The van der Waals surface area contributed by atoms with E-state index >= 15 is 0 Å². The monoisotopic (exact) mass is 372 g/mol. The molecular formula is C18H26F2N2O4. The molecule has 1 aromatic rings. The van der Waals surface area contributed by atoms with Gasteiger partial charge in [-0.15, -0.1) is 0 Å². The minimum atomic E-state index is -1.35. The Hall–Kier alpha value is -1.32. The normalized spacial score (nSPS) is 30.2. The molecule has 0 saturated carbocycles. The summed E-state index contributed by atoms with van der Waals surface area (Å²) in [7, 11) is 0. The second-order valence-corrected chi connectivity index (χ2v) is 7.13. The fourth-order valence-electron chi connectivity index (χ4n) is 3.88. The first kappa shape index (κ1) is 19.4. The van der Waals surface area contributed by atoms with Crippen molar-refractivity contribution in [2.75, 3.05) is 37.7 Å². The van der Waals surface area contributed by atoms with Crippen molar-refractivity contribution in [2.45, 2.75) is 43.6 Å². The first-order valence-electron chi connectivity index (χ1n) is 9.04. The minimum Gasteiger partial charge on any atom is -0.395 e. The van der Waals surface area contributed by atoms with Gasteiger partial charge in [-0.2, -0.15) is 0 Å². The maximum absolute atomic E-state index is 14.4. The van der Waals surface area contributed by atoms with E-state index in [4.69, 9.17) is 0 Å². The maximum Gasteiger partial charge on any atom is 0.131 e. The number of aliphatic hydroxyl groups excluding tert-OH is 4. The van der Waals surface area contributed by atoms with Gasteiger partial charge in [-0.25, -0.2) is 8.78 Å². The first-order valence-corrected chi connectivity index (χ1v) is 9.04. The average molecular weight is 372 g/mol. The van der Waals surface area contributed by atoms with E-state index in [0.29, 0.717) is 5.69 Å². The SMILES string of the molecule is OC[C@@H]1[C@@H](O)[C@H](O)[C@@H](O)CN1CCc1c(F)cc(N2CCCC2)cc1F. The van der Waals surface area contributed by atoms with E-state index in [0.717, 1.165) is 25.9 Å². The Bertz CT molecular complexity index is 604. The van der Waals surface area contributed by atoms with Gasteiger partial charge in [-0.1, -0.05) is 0 Å². The molecule has 0 aliphatic carbocycles. The molecule has 2 aliphatic heterocycles. The number of anilines is 1. The zero-order chi connectivity index (χ0) is 18.8. The van der Waals surface area contributed by atoms with Gasteiger partial charge in [0, 0.05) is 37.4 Å². The van der Waals surface area contributed by atoms with Crippen LogP contribution in [0.2, 0.25) is 0 Å². The lowest BCUT2D eigenvalue weighted by Gasteiger charge is -2.43. The summed E-state index contributed by atoms with van der Waals surface area (Å²) in [5.41, 5.74) is 0.487. The number of aliphatic hydroxyl groups is 4. The van der Waals surface area contributed by atoms with Gasteiger partial charge in [0.2, 0.25) is 0 Å². The highest BCUT2D eigenvalue weighted by atomic mass is 19.1. The van der Waals surface area contributed by atoms with Gasteiger partial charge in [0.1, 0.15) is 23.8 Å². The summed E-state index contributed by atoms with van der Waals surface area (Å²) in [5.74, 6) is -1.24. The fourth-order valence-corrected chi connectivity index (χ4v) is 3.88. The smallest absolute Gasteiger partial charge is 0.131 e. The number of rotatable bonds is 5. The summed E-state index contributed by atoms with van der Waals surface area (Å²) in [6.45, 7) is 1.32. The standard InChI is InChI=1S/C18H26F2N2O4/c19-13-7-11(21-4-1-2-5-21)8-14(20)12(13)3-6-22-9-16(24)18(26)17(25)15(22)10-23/h7-8,15-18,23-26H,1-6,9-10H2/t15-,16+,17-,18-/m1/s1. The Labute approximate surface area is 151 Å². The van der Waals surface area contributed by atoms with E-state index in [1.54, 1.807) is 4.90 Å². The molecule has 0 bridgehead atoms. The third-order valence-corrected chi connectivity index (χ3v) is 5.46. The van der Waals surface area contributed by atoms with Crippen LogP contribution in [-0.4, -0.2) is 82.5 Å². The molecule has 0 unspecified atom stereocenters. The molecule has 2 fully saturated rings. The van der Waals surface area contributed by atoms with Crippen LogP contribution in [0.25, 0.3) is 0 Å². The van der Waals surface area contributed by atoms with Crippen molar-refractivity contribution < 1.29 is 29.2 Å². The Morgan fingerprint density at radius 2 is 1.62 bits per heavy atom. The molecule has 26 heavy (non-hydrogen) atoms. The summed E-state index contributed by atoms with van der Waals surface area (Å²) in [6.07, 6.45) is -1.80. The lowest BCUT2D eigenvalue weighted by atomic mass is 9.93. The topological polar surface area (TPSA) is 87.4 Å². The van der Waals surface area contributed by atoms with Crippen molar-refractivity contribution in [3.05, 3.63) is 29.3 Å². The molecule has 1 aromatic carbocycles. The predicted molar refractivity (Wildman–Crippen MR) is 92.0 cm³/mol. The molecule has 2 aliphatic rings. The summed E-state index contributed by atoms with van der Waals surface area (Å²) in [5, 5.41) is 38.9. The van der Waals surface area contributed by atoms with Gasteiger partial charge in [0.25, 0.3) is 0 Å². The van der Waals surface area contributed by atoms with E-state index in [1.807, 2.05) is 4.90 Å². The summed E-state index contributed by atoms with van der Waals surface area (Å²) < 4.78 is 28.9. The van der Waals surface area contributed by atoms with Crippen LogP contribution >= 0.6 is 0 Å². The molecule has 0 radical (unpaired) electrons. The maximum atomic E-state index is 14.4. The number of halogens is 2. The van der Waals surface area contributed by atoms with Gasteiger partial charge >= 0.3 is 0 Å². The zero-order valence-electron chi connectivity index (χ0n) is 14.6. The summed E-state index contributed by atoms with van der Waals surface area (Å²) in [6, 6.07) is 1.90. The summed E-state index contributed by atoms with van der Waals surface area (Å²) in [4.78, 5) is 3.51. The molecule has 4 N–H and O–H groups in total. The van der Waals surface area contributed by atoms with E-state index in [1.165, 1.54) is 12.1 Å². The second-order valence-electron chi connectivity index (χ2n) is 7.13. The molecule has 2 saturated heterocycles. The van der Waals surface area contributed by atoms with Gasteiger partial charge in [-0.05, 0) is 31.4 Å². The zero-order valence-corrected chi connectivity index (χ0v) is 14.6. The van der Waals surface area contributed by atoms with Crippen LogP contribution in [0.3, 0.4) is 0 Å². The van der Waals surface area contributed by atoms with Gasteiger partial charge in [0.15, 0.2) is 0 Å². The molecule has 0 amide bonds. The van der Waals surface area contributed by atoms with Crippen LogP contribution < -0.4 is 4.90 Å². The van der Waals surface area contributed by atoms with E-state index in [-0.39, 0.29) is 25.1 Å². The first-order chi connectivity index (χ1) is 12.4. The predicted octanol–water partition coefficient (Wildman–Crippen LogP) is -0.133. The Kier molecular flexibility index (Phi) is 6.09. The van der Waals surface area contributed by atoms with Crippen LogP contribution in [0.4, 0.5) is 14.5 Å².